The van der Waals surface area contributed by atoms with Gasteiger partial charge < -0.3 is 5.73 Å². The molecule has 4 heteroatoms. The standard InChI is InChI=1S/C15H21N3O/c1-11(17-18-15(16)19)9-10-13-7-4-6-12-5-2-3-8-14(12)13/h4,6-7H,2-3,5,8-10H2,1H3,(H3,16,18,19)/b17-11-. The maximum atomic E-state index is 10.6. The topological polar surface area (TPSA) is 67.5 Å². The van der Waals surface area contributed by atoms with E-state index >= 15 is 0 Å². The summed E-state index contributed by atoms with van der Waals surface area (Å²) in [4.78, 5) is 10.6. The normalized spacial score (nSPS) is 14.9. The number of amides is 2. The fourth-order valence-corrected chi connectivity index (χ4v) is 2.62. The van der Waals surface area contributed by atoms with Crippen LogP contribution in [0.3, 0.4) is 0 Å². The van der Waals surface area contributed by atoms with Crippen molar-refractivity contribution < 1.29 is 4.79 Å². The Morgan fingerprint density at radius 1 is 1.37 bits per heavy atom. The third kappa shape index (κ3) is 3.81. The molecule has 0 saturated carbocycles. The Kier molecular flexibility index (Phi) is 4.55. The smallest absolute Gasteiger partial charge is 0.332 e. The van der Waals surface area contributed by atoms with E-state index in [9.17, 15) is 4.79 Å². The van der Waals surface area contributed by atoms with E-state index in [-0.39, 0.29) is 0 Å². The number of primary amides is 1. The molecule has 1 aliphatic carbocycles. The van der Waals surface area contributed by atoms with Crippen LogP contribution in [0, 0.1) is 0 Å². The first-order valence-corrected chi connectivity index (χ1v) is 6.85. The first kappa shape index (κ1) is 13.6. The Labute approximate surface area is 114 Å². The van der Waals surface area contributed by atoms with Crippen LogP contribution >= 0.6 is 0 Å². The van der Waals surface area contributed by atoms with Crippen LogP contribution in [-0.2, 0) is 19.3 Å². The van der Waals surface area contributed by atoms with Gasteiger partial charge in [0.1, 0.15) is 0 Å². The fourth-order valence-electron chi connectivity index (χ4n) is 2.62. The molecule has 1 aliphatic rings. The number of hydrazone groups is 1. The van der Waals surface area contributed by atoms with Gasteiger partial charge in [-0.15, -0.1) is 0 Å². The van der Waals surface area contributed by atoms with Crippen LogP contribution in [0.25, 0.3) is 0 Å². The summed E-state index contributed by atoms with van der Waals surface area (Å²) in [5, 5.41) is 3.94. The minimum absolute atomic E-state index is 0.614. The minimum Gasteiger partial charge on any atom is -0.350 e. The van der Waals surface area contributed by atoms with E-state index in [4.69, 9.17) is 5.73 Å². The number of nitrogens with one attached hydrogen (secondary N) is 1. The van der Waals surface area contributed by atoms with Crippen LogP contribution in [0.5, 0.6) is 0 Å². The van der Waals surface area contributed by atoms with Crippen molar-refractivity contribution in [3.8, 4) is 0 Å². The van der Waals surface area contributed by atoms with Crippen LogP contribution < -0.4 is 11.2 Å². The largest absolute Gasteiger partial charge is 0.350 e. The summed E-state index contributed by atoms with van der Waals surface area (Å²) in [6.45, 7) is 1.91. The van der Waals surface area contributed by atoms with Crippen molar-refractivity contribution in [1.82, 2.24) is 5.43 Å². The molecule has 0 spiro atoms. The van der Waals surface area contributed by atoms with Gasteiger partial charge in [0.05, 0.1) is 0 Å². The third-order valence-corrected chi connectivity index (χ3v) is 3.61. The number of fused-ring (bicyclic) bond motifs is 1. The predicted octanol–water partition coefficient (Wildman–Crippen LogP) is 2.54. The molecule has 0 unspecified atom stereocenters. The second kappa shape index (κ2) is 6.36. The Morgan fingerprint density at radius 2 is 2.16 bits per heavy atom. The third-order valence-electron chi connectivity index (χ3n) is 3.61. The monoisotopic (exact) mass is 259 g/mol. The molecule has 3 N–H and O–H groups in total. The lowest BCUT2D eigenvalue weighted by Gasteiger charge is -2.19. The lowest BCUT2D eigenvalue weighted by Crippen LogP contribution is -2.25. The van der Waals surface area contributed by atoms with Gasteiger partial charge in [-0.3, -0.25) is 0 Å². The molecule has 1 aromatic carbocycles. The number of nitrogens with two attached hydrogens (primary N) is 1. The molecule has 0 bridgehead atoms. The van der Waals surface area contributed by atoms with Gasteiger partial charge in [0.2, 0.25) is 0 Å². The molecule has 0 radical (unpaired) electrons. The van der Waals surface area contributed by atoms with Crippen molar-refractivity contribution in [2.45, 2.75) is 45.4 Å². The van der Waals surface area contributed by atoms with Gasteiger partial charge in [0, 0.05) is 5.71 Å². The average molecular weight is 259 g/mol. The van der Waals surface area contributed by atoms with Crippen LogP contribution in [0.15, 0.2) is 23.3 Å². The van der Waals surface area contributed by atoms with Gasteiger partial charge in [-0.2, -0.15) is 5.10 Å². The molecule has 2 rings (SSSR count). The van der Waals surface area contributed by atoms with Gasteiger partial charge in [-0.1, -0.05) is 18.2 Å². The molecule has 0 heterocycles. The zero-order valence-corrected chi connectivity index (χ0v) is 11.4. The van der Waals surface area contributed by atoms with Gasteiger partial charge in [-0.25, -0.2) is 10.2 Å². The van der Waals surface area contributed by atoms with Crippen LogP contribution in [0.1, 0.15) is 42.9 Å². The van der Waals surface area contributed by atoms with Crippen molar-refractivity contribution in [3.63, 3.8) is 0 Å². The highest BCUT2D eigenvalue weighted by Crippen LogP contribution is 2.25. The number of nitrogens with zero attached hydrogens (tertiary/aromatic N) is 1. The quantitative estimate of drug-likeness (QED) is 0.633. The summed E-state index contributed by atoms with van der Waals surface area (Å²) >= 11 is 0. The molecule has 1 aromatic rings. The van der Waals surface area contributed by atoms with E-state index in [2.05, 4.69) is 28.7 Å². The summed E-state index contributed by atoms with van der Waals surface area (Å²) in [5.74, 6) is 0. The molecule has 0 fully saturated rings. The molecular formula is C15H21N3O. The van der Waals surface area contributed by atoms with E-state index in [1.54, 1.807) is 0 Å². The molecule has 2 amide bonds. The number of hydrogen-bond acceptors (Lipinski definition) is 2. The summed E-state index contributed by atoms with van der Waals surface area (Å²) in [7, 11) is 0. The first-order chi connectivity index (χ1) is 9.16. The number of carbonyl (C=O) groups excluding carboxylic acids is 1. The summed E-state index contributed by atoms with van der Waals surface area (Å²) in [6, 6.07) is 5.98. The van der Waals surface area contributed by atoms with Crippen molar-refractivity contribution in [1.29, 1.82) is 0 Å². The van der Waals surface area contributed by atoms with E-state index in [0.29, 0.717) is 0 Å². The zero-order valence-electron chi connectivity index (χ0n) is 11.4. The number of aryl methyl sites for hydroxylation is 2. The van der Waals surface area contributed by atoms with E-state index < -0.39 is 6.03 Å². The Bertz CT molecular complexity index is 494. The highest BCUT2D eigenvalue weighted by molar-refractivity contribution is 5.83. The van der Waals surface area contributed by atoms with Crippen LogP contribution in [0.2, 0.25) is 0 Å². The summed E-state index contributed by atoms with van der Waals surface area (Å²) in [5.41, 5.74) is 12.6. The maximum Gasteiger partial charge on any atom is 0.332 e. The van der Waals surface area contributed by atoms with Crippen molar-refractivity contribution >= 4 is 11.7 Å². The first-order valence-electron chi connectivity index (χ1n) is 6.85. The van der Waals surface area contributed by atoms with E-state index in [1.165, 1.54) is 42.4 Å². The molecule has 102 valence electrons. The summed E-state index contributed by atoms with van der Waals surface area (Å²) in [6.07, 6.45) is 6.82. The van der Waals surface area contributed by atoms with Crippen molar-refractivity contribution in [3.05, 3.63) is 34.9 Å². The van der Waals surface area contributed by atoms with Crippen LogP contribution in [0.4, 0.5) is 4.79 Å². The van der Waals surface area contributed by atoms with E-state index in [0.717, 1.165) is 18.6 Å². The van der Waals surface area contributed by atoms with Gasteiger partial charge >= 0.3 is 6.03 Å². The Hall–Kier alpha value is -1.84. The number of benzene rings is 1. The molecule has 0 atom stereocenters. The maximum absolute atomic E-state index is 10.6. The second-order valence-electron chi connectivity index (χ2n) is 5.09. The molecule has 0 saturated heterocycles. The Balaban J connectivity index is 2.00. The summed E-state index contributed by atoms with van der Waals surface area (Å²) < 4.78 is 0. The molecule has 4 nitrogen and oxygen atoms in total. The van der Waals surface area contributed by atoms with Gasteiger partial charge in [-0.05, 0) is 62.1 Å². The van der Waals surface area contributed by atoms with Gasteiger partial charge in [0.15, 0.2) is 0 Å². The molecule has 19 heavy (non-hydrogen) atoms. The number of carbonyl (C=O) groups is 1. The average Bonchev–Trinajstić information content (AvgIpc) is 2.42. The molecular weight excluding hydrogens is 238 g/mol. The SMILES string of the molecule is C/C(CCc1cccc2c1CCCC2)=N/NC(N)=O. The number of rotatable bonds is 4. The number of urea groups is 1. The lowest BCUT2D eigenvalue weighted by molar-refractivity contribution is 0.249. The van der Waals surface area contributed by atoms with Crippen LogP contribution in [-0.4, -0.2) is 11.7 Å². The minimum atomic E-state index is -0.614. The predicted molar refractivity (Wildman–Crippen MR) is 77.2 cm³/mol. The highest BCUT2D eigenvalue weighted by Gasteiger charge is 2.12. The highest BCUT2D eigenvalue weighted by atomic mass is 16.2. The zero-order chi connectivity index (χ0) is 13.7. The fraction of sp³-hybridized carbons (Fsp3) is 0.467. The Morgan fingerprint density at radius 3 is 2.95 bits per heavy atom. The van der Waals surface area contributed by atoms with Crippen molar-refractivity contribution in [2.75, 3.05) is 0 Å². The molecule has 0 aliphatic heterocycles. The second-order valence-corrected chi connectivity index (χ2v) is 5.09. The van der Waals surface area contributed by atoms with Crippen molar-refractivity contribution in [2.24, 2.45) is 10.8 Å². The lowest BCUT2D eigenvalue weighted by atomic mass is 9.87. The number of hydrogen-bond donors (Lipinski definition) is 2. The van der Waals surface area contributed by atoms with Gasteiger partial charge in [0.25, 0.3) is 0 Å². The molecule has 0 aromatic heterocycles. The van der Waals surface area contributed by atoms with E-state index in [1.807, 2.05) is 6.92 Å².